The van der Waals surface area contributed by atoms with Gasteiger partial charge in [0.25, 0.3) is 11.8 Å². The fraction of sp³-hybridized carbons (Fsp3) is 0. The van der Waals surface area contributed by atoms with Gasteiger partial charge in [-0.3, -0.25) is 9.59 Å². The summed E-state index contributed by atoms with van der Waals surface area (Å²) in [7, 11) is 0. The van der Waals surface area contributed by atoms with Gasteiger partial charge in [-0.05, 0) is 29.7 Å². The quantitative estimate of drug-likeness (QED) is 0.680. The van der Waals surface area contributed by atoms with Crippen molar-refractivity contribution in [1.29, 1.82) is 0 Å². The maximum Gasteiger partial charge on any atom is 0.398 e. The highest BCUT2D eigenvalue weighted by molar-refractivity contribution is 6.25. The van der Waals surface area contributed by atoms with Crippen LogP contribution < -0.4 is 0 Å². The fourth-order valence-electron chi connectivity index (χ4n) is 2.61. The smallest absolute Gasteiger partial charge is 0.398 e. The van der Waals surface area contributed by atoms with Crippen LogP contribution in [0.1, 0.15) is 31.3 Å². The number of benzene rings is 2. The molecule has 3 aromatic rings. The molecule has 0 bridgehead atoms. The first-order valence-corrected chi connectivity index (χ1v) is 6.83. The van der Waals surface area contributed by atoms with Crippen LogP contribution in [0.5, 0.6) is 0 Å². The van der Waals surface area contributed by atoms with Crippen LogP contribution in [-0.4, -0.2) is 22.8 Å². The van der Waals surface area contributed by atoms with E-state index in [4.69, 9.17) is 9.25 Å². The van der Waals surface area contributed by atoms with Gasteiger partial charge in [0, 0.05) is 5.39 Å². The number of nitrogens with zero attached hydrogens (tertiary/aromatic N) is 1. The second kappa shape index (κ2) is 4.81. The van der Waals surface area contributed by atoms with Crippen LogP contribution in [0, 0.1) is 0 Å². The van der Waals surface area contributed by atoms with Gasteiger partial charge in [-0.15, -0.1) is 0 Å². The van der Waals surface area contributed by atoms with Crippen LogP contribution in [0.2, 0.25) is 0 Å². The first-order valence-electron chi connectivity index (χ1n) is 6.83. The van der Waals surface area contributed by atoms with Crippen molar-refractivity contribution >= 4 is 28.6 Å². The topological polar surface area (TPSA) is 76.8 Å². The molecule has 0 N–H and O–H groups in total. The average molecular weight is 307 g/mol. The molecule has 0 atom stereocenters. The molecule has 1 aromatic heterocycles. The molecule has 2 aromatic carbocycles. The van der Waals surface area contributed by atoms with Crippen LogP contribution in [0.4, 0.5) is 0 Å². The van der Waals surface area contributed by atoms with E-state index in [1.165, 1.54) is 18.4 Å². The number of carbonyl (C=O) groups is 3. The summed E-state index contributed by atoms with van der Waals surface area (Å²) in [6.45, 7) is 0. The van der Waals surface area contributed by atoms with E-state index < -0.39 is 17.8 Å². The third kappa shape index (κ3) is 1.92. The van der Waals surface area contributed by atoms with Gasteiger partial charge in [0.05, 0.1) is 17.4 Å². The molecule has 2 heterocycles. The monoisotopic (exact) mass is 307 g/mol. The van der Waals surface area contributed by atoms with Crippen LogP contribution in [0.3, 0.4) is 0 Å². The van der Waals surface area contributed by atoms with E-state index >= 15 is 0 Å². The molecule has 112 valence electrons. The predicted molar refractivity (Wildman–Crippen MR) is 78.6 cm³/mol. The van der Waals surface area contributed by atoms with Crippen LogP contribution >= 0.6 is 0 Å². The summed E-state index contributed by atoms with van der Waals surface area (Å²) >= 11 is 0. The summed E-state index contributed by atoms with van der Waals surface area (Å²) in [6, 6.07) is 13.1. The van der Waals surface area contributed by atoms with Gasteiger partial charge in [0.15, 0.2) is 0 Å². The molecule has 6 nitrogen and oxygen atoms in total. The lowest BCUT2D eigenvalue weighted by Gasteiger charge is -2.24. The molecule has 0 saturated heterocycles. The first-order chi connectivity index (χ1) is 11.2. The van der Waals surface area contributed by atoms with Crippen molar-refractivity contribution in [2.45, 2.75) is 0 Å². The Morgan fingerprint density at radius 2 is 1.57 bits per heavy atom. The maximum absolute atomic E-state index is 12.5. The minimum atomic E-state index is -0.914. The van der Waals surface area contributed by atoms with Gasteiger partial charge in [0.1, 0.15) is 0 Å². The van der Waals surface area contributed by atoms with E-state index in [0.717, 1.165) is 5.39 Å². The van der Waals surface area contributed by atoms with Gasteiger partial charge in [0.2, 0.25) is 5.76 Å². The Balaban J connectivity index is 1.79. The Kier molecular flexibility index (Phi) is 2.77. The summed E-state index contributed by atoms with van der Waals surface area (Å²) in [5.41, 5.74) is 0.620. The molecule has 6 heteroatoms. The number of rotatable bonds is 2. The van der Waals surface area contributed by atoms with Crippen molar-refractivity contribution in [3.63, 3.8) is 0 Å². The molecule has 4 rings (SSSR count). The van der Waals surface area contributed by atoms with Gasteiger partial charge >= 0.3 is 5.97 Å². The average Bonchev–Trinajstić information content (AvgIpc) is 3.11. The molecule has 0 fully saturated rings. The minimum absolute atomic E-state index is 0.0948. The van der Waals surface area contributed by atoms with Crippen molar-refractivity contribution in [3.8, 4) is 0 Å². The van der Waals surface area contributed by atoms with Crippen molar-refractivity contribution < 1.29 is 23.6 Å². The molecular weight excluding hydrogens is 298 g/mol. The summed E-state index contributed by atoms with van der Waals surface area (Å²) < 4.78 is 4.91. The molecule has 1 aliphatic heterocycles. The summed E-state index contributed by atoms with van der Waals surface area (Å²) in [6.07, 6.45) is 1.30. The van der Waals surface area contributed by atoms with E-state index in [1.54, 1.807) is 24.3 Å². The highest BCUT2D eigenvalue weighted by Gasteiger charge is 2.36. The molecule has 0 radical (unpaired) electrons. The minimum Gasteiger partial charge on any atom is -0.457 e. The van der Waals surface area contributed by atoms with E-state index in [0.29, 0.717) is 21.6 Å². The second-order valence-electron chi connectivity index (χ2n) is 4.97. The Labute approximate surface area is 129 Å². The normalized spacial score (nSPS) is 13.5. The SMILES string of the molecule is O=C(ON1C(=O)c2cccc3cccc(c23)C1=O)c1ccco1. The molecule has 1 aliphatic rings. The zero-order valence-electron chi connectivity index (χ0n) is 11.7. The second-order valence-corrected chi connectivity index (χ2v) is 4.97. The number of imide groups is 1. The Hall–Kier alpha value is -3.41. The van der Waals surface area contributed by atoms with E-state index in [2.05, 4.69) is 0 Å². The lowest BCUT2D eigenvalue weighted by molar-refractivity contribution is -0.0638. The number of hydrogen-bond acceptors (Lipinski definition) is 5. The molecule has 0 unspecified atom stereocenters. The lowest BCUT2D eigenvalue weighted by atomic mass is 9.95. The number of hydroxylamine groups is 2. The van der Waals surface area contributed by atoms with Gasteiger partial charge in [-0.1, -0.05) is 29.3 Å². The van der Waals surface area contributed by atoms with E-state index in [1.807, 2.05) is 12.1 Å². The van der Waals surface area contributed by atoms with Crippen molar-refractivity contribution in [3.05, 3.63) is 71.7 Å². The maximum atomic E-state index is 12.5. The predicted octanol–water partition coefficient (Wildman–Crippen LogP) is 2.80. The molecule has 0 spiro atoms. The van der Waals surface area contributed by atoms with E-state index in [-0.39, 0.29) is 5.76 Å². The van der Waals surface area contributed by atoms with Crippen molar-refractivity contribution in [2.24, 2.45) is 0 Å². The fourth-order valence-corrected chi connectivity index (χ4v) is 2.61. The number of hydrogen-bond donors (Lipinski definition) is 0. The van der Waals surface area contributed by atoms with E-state index in [9.17, 15) is 14.4 Å². The lowest BCUT2D eigenvalue weighted by Crippen LogP contribution is -2.41. The summed E-state index contributed by atoms with van der Waals surface area (Å²) in [5, 5.41) is 1.82. The largest absolute Gasteiger partial charge is 0.457 e. The molecular formula is C17H9NO5. The standard InChI is InChI=1S/C17H9NO5/c19-15-11-6-1-4-10-5-2-7-12(14(10)11)16(20)18(15)23-17(21)13-8-3-9-22-13/h1-9H. The Morgan fingerprint density at radius 1 is 0.913 bits per heavy atom. The summed E-state index contributed by atoms with van der Waals surface area (Å²) in [5.74, 6) is -2.37. The number of carbonyl (C=O) groups excluding carboxylic acids is 3. The Bertz CT molecular complexity index is 908. The zero-order valence-corrected chi connectivity index (χ0v) is 11.7. The van der Waals surface area contributed by atoms with Gasteiger partial charge in [-0.25, -0.2) is 4.79 Å². The van der Waals surface area contributed by atoms with Gasteiger partial charge < -0.3 is 9.25 Å². The van der Waals surface area contributed by atoms with Crippen LogP contribution in [0.15, 0.2) is 59.2 Å². The number of amides is 2. The molecule has 0 saturated carbocycles. The third-order valence-corrected chi connectivity index (χ3v) is 3.63. The highest BCUT2D eigenvalue weighted by Crippen LogP contribution is 2.30. The summed E-state index contributed by atoms with van der Waals surface area (Å²) in [4.78, 5) is 41.9. The van der Waals surface area contributed by atoms with Crippen LogP contribution in [-0.2, 0) is 4.84 Å². The Morgan fingerprint density at radius 3 is 2.13 bits per heavy atom. The molecule has 0 aliphatic carbocycles. The van der Waals surface area contributed by atoms with Crippen molar-refractivity contribution in [1.82, 2.24) is 5.06 Å². The third-order valence-electron chi connectivity index (χ3n) is 3.63. The molecule has 23 heavy (non-hydrogen) atoms. The van der Waals surface area contributed by atoms with Crippen molar-refractivity contribution in [2.75, 3.05) is 0 Å². The number of furan rings is 1. The first kappa shape index (κ1) is 13.3. The van der Waals surface area contributed by atoms with Crippen LogP contribution in [0.25, 0.3) is 10.8 Å². The zero-order chi connectivity index (χ0) is 16.0. The molecule has 2 amide bonds. The highest BCUT2D eigenvalue weighted by atomic mass is 16.7. The van der Waals surface area contributed by atoms with Gasteiger partial charge in [-0.2, -0.15) is 0 Å².